The third-order valence-electron chi connectivity index (χ3n) is 2.79. The van der Waals surface area contributed by atoms with Crippen molar-refractivity contribution < 1.29 is 13.0 Å². The molecule has 0 aliphatic carbocycles. The van der Waals surface area contributed by atoms with Gasteiger partial charge in [0, 0.05) is 11.3 Å². The molecule has 0 unspecified atom stereocenters. The van der Waals surface area contributed by atoms with E-state index in [2.05, 4.69) is 0 Å². The summed E-state index contributed by atoms with van der Waals surface area (Å²) >= 11 is 0. The van der Waals surface area contributed by atoms with Gasteiger partial charge >= 0.3 is 0 Å². The lowest BCUT2D eigenvalue weighted by molar-refractivity contribution is 0.496. The molecule has 0 saturated heterocycles. The first kappa shape index (κ1) is 14.1. The van der Waals surface area contributed by atoms with Crippen LogP contribution in [0.15, 0.2) is 54.6 Å². The summed E-state index contributed by atoms with van der Waals surface area (Å²) < 4.78 is 32.7. The predicted molar refractivity (Wildman–Crippen MR) is 79.8 cm³/mol. The second-order valence-electron chi connectivity index (χ2n) is 4.17. The van der Waals surface area contributed by atoms with E-state index in [0.717, 1.165) is 0 Å². The highest BCUT2D eigenvalue weighted by Crippen LogP contribution is 2.29. The molecular weight excluding hydrogens is 276 g/mol. The summed E-state index contributed by atoms with van der Waals surface area (Å²) in [5.74, 6) is 0. The number of hydrogen-bond donors (Lipinski definition) is 3. The van der Waals surface area contributed by atoms with Crippen LogP contribution in [0, 0.1) is 0 Å². The Bertz CT molecular complexity index is 753. The van der Waals surface area contributed by atoms with Gasteiger partial charge in [-0.1, -0.05) is 48.5 Å². The van der Waals surface area contributed by atoms with Gasteiger partial charge in [-0.2, -0.15) is 8.42 Å². The highest BCUT2D eigenvalue weighted by atomic mass is 32.2. The molecule has 2 rings (SSSR count). The zero-order valence-electron chi connectivity index (χ0n) is 10.5. The minimum atomic E-state index is -4.48. The second kappa shape index (κ2) is 5.36. The van der Waals surface area contributed by atoms with Gasteiger partial charge in [-0.25, -0.2) is 0 Å². The normalized spacial score (nSPS) is 12.8. The third-order valence-corrected chi connectivity index (χ3v) is 3.76. The Morgan fingerprint density at radius 2 is 1.50 bits per heavy atom. The van der Waals surface area contributed by atoms with Crippen LogP contribution in [-0.4, -0.2) is 13.0 Å². The summed E-state index contributed by atoms with van der Waals surface area (Å²) in [6.45, 7) is 0. The summed E-state index contributed by atoms with van der Waals surface area (Å²) in [6, 6.07) is 14.7. The van der Waals surface area contributed by atoms with E-state index in [1.54, 1.807) is 54.6 Å². The molecule has 0 fully saturated rings. The summed E-state index contributed by atoms with van der Waals surface area (Å²) in [7, 11) is -4.48. The summed E-state index contributed by atoms with van der Waals surface area (Å²) in [5, 5.41) is 0. The molecule has 0 radical (unpaired) electrons. The van der Waals surface area contributed by atoms with Crippen molar-refractivity contribution in [2.75, 3.05) is 5.73 Å². The van der Waals surface area contributed by atoms with E-state index >= 15 is 0 Å². The maximum atomic E-state index is 11.6. The summed E-state index contributed by atoms with van der Waals surface area (Å²) in [5.41, 5.74) is 12.6. The fourth-order valence-electron chi connectivity index (χ4n) is 1.90. The smallest absolute Gasteiger partial charge is 0.297 e. The van der Waals surface area contributed by atoms with E-state index < -0.39 is 10.1 Å². The van der Waals surface area contributed by atoms with Gasteiger partial charge in [0.15, 0.2) is 0 Å². The first-order valence-electron chi connectivity index (χ1n) is 5.79. The molecule has 0 heterocycles. The number of nitrogen functional groups attached to an aromatic ring is 1. The molecule has 2 aromatic carbocycles. The van der Waals surface area contributed by atoms with Gasteiger partial charge in [0.1, 0.15) is 4.91 Å². The Hall–Kier alpha value is -2.31. The Labute approximate surface area is 117 Å². The Kier molecular flexibility index (Phi) is 3.78. The van der Waals surface area contributed by atoms with Gasteiger partial charge < -0.3 is 11.5 Å². The van der Waals surface area contributed by atoms with Crippen molar-refractivity contribution in [3.05, 3.63) is 65.7 Å². The van der Waals surface area contributed by atoms with Gasteiger partial charge in [0.2, 0.25) is 0 Å². The van der Waals surface area contributed by atoms with Crippen molar-refractivity contribution in [1.82, 2.24) is 0 Å². The number of anilines is 1. The quantitative estimate of drug-likeness (QED) is 0.455. The minimum Gasteiger partial charge on any atom is -0.398 e. The van der Waals surface area contributed by atoms with E-state index in [9.17, 15) is 13.0 Å². The first-order chi connectivity index (χ1) is 9.41. The topological polar surface area (TPSA) is 106 Å². The molecule has 0 aromatic heterocycles. The molecule has 5 nitrogen and oxygen atoms in total. The molecule has 0 aliphatic rings. The number of rotatable bonds is 3. The number of para-hydroxylation sites is 1. The van der Waals surface area contributed by atoms with Crippen LogP contribution >= 0.6 is 0 Å². The van der Waals surface area contributed by atoms with Crippen LogP contribution in [0.2, 0.25) is 0 Å². The molecule has 0 amide bonds. The summed E-state index contributed by atoms with van der Waals surface area (Å²) in [4.78, 5) is -0.351. The number of nitrogens with two attached hydrogens (primary N) is 2. The van der Waals surface area contributed by atoms with Crippen LogP contribution in [0.4, 0.5) is 5.69 Å². The molecule has 0 bridgehead atoms. The maximum Gasteiger partial charge on any atom is 0.297 e. The first-order valence-corrected chi connectivity index (χ1v) is 7.23. The standard InChI is InChI=1S/C14H14N2O3S/c15-12-9-5-4-8-11(12)13(16)14(20(17,18)19)10-6-2-1-3-7-10/h1-9H,15-16H2,(H,17,18,19). The van der Waals surface area contributed by atoms with Crippen molar-refractivity contribution in [2.45, 2.75) is 0 Å². The van der Waals surface area contributed by atoms with E-state index in [1.807, 2.05) is 0 Å². The van der Waals surface area contributed by atoms with E-state index in [-0.39, 0.29) is 10.6 Å². The van der Waals surface area contributed by atoms with Gasteiger partial charge in [-0.05, 0) is 11.6 Å². The Morgan fingerprint density at radius 3 is 2.05 bits per heavy atom. The average Bonchev–Trinajstić information content (AvgIpc) is 2.39. The maximum absolute atomic E-state index is 11.6. The third kappa shape index (κ3) is 2.81. The van der Waals surface area contributed by atoms with E-state index in [1.165, 1.54) is 0 Å². The van der Waals surface area contributed by atoms with Gasteiger partial charge in [0.25, 0.3) is 10.1 Å². The fraction of sp³-hybridized carbons (Fsp3) is 0. The lowest BCUT2D eigenvalue weighted by Gasteiger charge is -2.11. The Balaban J connectivity index is 2.76. The monoisotopic (exact) mass is 290 g/mol. The molecule has 0 atom stereocenters. The molecule has 2 aromatic rings. The average molecular weight is 290 g/mol. The molecule has 20 heavy (non-hydrogen) atoms. The second-order valence-corrected chi connectivity index (χ2v) is 5.53. The van der Waals surface area contributed by atoms with Crippen LogP contribution in [0.5, 0.6) is 0 Å². The van der Waals surface area contributed by atoms with Crippen molar-refractivity contribution in [1.29, 1.82) is 0 Å². The van der Waals surface area contributed by atoms with Crippen molar-refractivity contribution in [2.24, 2.45) is 5.73 Å². The van der Waals surface area contributed by atoms with Gasteiger partial charge in [0.05, 0.1) is 5.70 Å². The van der Waals surface area contributed by atoms with Crippen LogP contribution in [0.3, 0.4) is 0 Å². The van der Waals surface area contributed by atoms with E-state index in [0.29, 0.717) is 16.8 Å². The molecule has 5 N–H and O–H groups in total. The van der Waals surface area contributed by atoms with Gasteiger partial charge in [-0.3, -0.25) is 4.55 Å². The minimum absolute atomic E-state index is 0.0863. The zero-order valence-corrected chi connectivity index (χ0v) is 11.3. The number of benzene rings is 2. The SMILES string of the molecule is NC(=C(c1ccccc1)S(=O)(=O)O)c1ccccc1N. The van der Waals surface area contributed by atoms with Crippen molar-refractivity contribution in [3.63, 3.8) is 0 Å². The van der Waals surface area contributed by atoms with Gasteiger partial charge in [-0.15, -0.1) is 0 Å². The molecule has 0 aliphatic heterocycles. The van der Waals surface area contributed by atoms with Crippen LogP contribution in [0.1, 0.15) is 11.1 Å². The lowest BCUT2D eigenvalue weighted by Crippen LogP contribution is -2.10. The Morgan fingerprint density at radius 1 is 0.950 bits per heavy atom. The molecule has 0 spiro atoms. The van der Waals surface area contributed by atoms with Crippen molar-refractivity contribution >= 4 is 26.4 Å². The summed E-state index contributed by atoms with van der Waals surface area (Å²) in [6.07, 6.45) is 0. The van der Waals surface area contributed by atoms with E-state index in [4.69, 9.17) is 11.5 Å². The highest BCUT2D eigenvalue weighted by Gasteiger charge is 2.21. The lowest BCUT2D eigenvalue weighted by atomic mass is 10.1. The molecule has 104 valence electrons. The number of hydrogen-bond acceptors (Lipinski definition) is 4. The highest BCUT2D eigenvalue weighted by molar-refractivity contribution is 7.95. The van der Waals surface area contributed by atoms with Crippen LogP contribution in [-0.2, 0) is 10.1 Å². The van der Waals surface area contributed by atoms with Crippen LogP contribution in [0.25, 0.3) is 10.6 Å². The predicted octanol–water partition coefficient (Wildman–Crippen LogP) is 1.94. The fourth-order valence-corrected chi connectivity index (χ4v) is 2.72. The van der Waals surface area contributed by atoms with Crippen molar-refractivity contribution in [3.8, 4) is 0 Å². The largest absolute Gasteiger partial charge is 0.398 e. The van der Waals surface area contributed by atoms with Crippen LogP contribution < -0.4 is 11.5 Å². The molecule has 6 heteroatoms. The molecular formula is C14H14N2O3S. The zero-order chi connectivity index (χ0) is 14.8. The molecule has 0 saturated carbocycles.